The molecule has 90 valence electrons. The highest BCUT2D eigenvalue weighted by molar-refractivity contribution is 5.54. The third kappa shape index (κ3) is 2.18. The van der Waals surface area contributed by atoms with E-state index in [0.717, 1.165) is 18.7 Å². The van der Waals surface area contributed by atoms with Crippen LogP contribution in [0, 0.1) is 12.7 Å². The van der Waals surface area contributed by atoms with Gasteiger partial charge < -0.3 is 4.57 Å². The quantitative estimate of drug-likeness (QED) is 0.818. The zero-order valence-corrected chi connectivity index (χ0v) is 10.2. The van der Waals surface area contributed by atoms with Crippen molar-refractivity contribution in [3.8, 4) is 11.4 Å². The van der Waals surface area contributed by atoms with Crippen LogP contribution >= 0.6 is 0 Å². The molecule has 2 aromatic heterocycles. The van der Waals surface area contributed by atoms with E-state index in [0.29, 0.717) is 17.2 Å². The van der Waals surface area contributed by atoms with E-state index >= 15 is 0 Å². The first-order valence-corrected chi connectivity index (χ1v) is 5.63. The molecule has 5 heteroatoms. The molecule has 2 rings (SSSR count). The van der Waals surface area contributed by atoms with Gasteiger partial charge in [-0.25, -0.2) is 19.3 Å². The molecule has 0 fully saturated rings. The van der Waals surface area contributed by atoms with E-state index in [1.807, 2.05) is 25.5 Å². The van der Waals surface area contributed by atoms with Gasteiger partial charge in [-0.1, -0.05) is 6.92 Å². The summed E-state index contributed by atoms with van der Waals surface area (Å²) in [6.07, 6.45) is 4.56. The standard InChI is InChI=1S/C12H15FN4/c1-4-5-11-15-6-9(13)12(16-11)10-7-14-8(2)17(10)3/h6-7H,4-5H2,1-3H3. The highest BCUT2D eigenvalue weighted by Gasteiger charge is 2.13. The number of aromatic nitrogens is 4. The molecule has 0 spiro atoms. The minimum atomic E-state index is -0.409. The van der Waals surface area contributed by atoms with Crippen molar-refractivity contribution in [2.24, 2.45) is 7.05 Å². The third-order valence-electron chi connectivity index (χ3n) is 2.73. The highest BCUT2D eigenvalue weighted by atomic mass is 19.1. The van der Waals surface area contributed by atoms with Crippen LogP contribution in [0.4, 0.5) is 4.39 Å². The van der Waals surface area contributed by atoms with Gasteiger partial charge in [-0.2, -0.15) is 0 Å². The first kappa shape index (κ1) is 11.7. The largest absolute Gasteiger partial charge is 0.330 e. The Hall–Kier alpha value is -1.78. The molecule has 0 aliphatic rings. The summed E-state index contributed by atoms with van der Waals surface area (Å²) in [5, 5.41) is 0. The average molecular weight is 234 g/mol. The summed E-state index contributed by atoms with van der Waals surface area (Å²) < 4.78 is 15.5. The van der Waals surface area contributed by atoms with Crippen LogP contribution < -0.4 is 0 Å². The summed E-state index contributed by atoms with van der Waals surface area (Å²) in [5.74, 6) is 1.09. The fourth-order valence-corrected chi connectivity index (χ4v) is 1.65. The van der Waals surface area contributed by atoms with E-state index in [-0.39, 0.29) is 0 Å². The molecule has 0 aliphatic carbocycles. The number of imidazole rings is 1. The van der Waals surface area contributed by atoms with Crippen LogP contribution in [-0.2, 0) is 13.5 Å². The molecule has 0 amide bonds. The number of hydrogen-bond donors (Lipinski definition) is 0. The van der Waals surface area contributed by atoms with E-state index in [1.54, 1.807) is 6.20 Å². The van der Waals surface area contributed by atoms with E-state index in [4.69, 9.17) is 0 Å². The van der Waals surface area contributed by atoms with Crippen LogP contribution in [0.15, 0.2) is 12.4 Å². The fourth-order valence-electron chi connectivity index (χ4n) is 1.65. The molecule has 0 aliphatic heterocycles. The van der Waals surface area contributed by atoms with Crippen molar-refractivity contribution >= 4 is 0 Å². The van der Waals surface area contributed by atoms with E-state index < -0.39 is 5.82 Å². The van der Waals surface area contributed by atoms with Gasteiger partial charge in [-0.15, -0.1) is 0 Å². The SMILES string of the molecule is CCCc1ncc(F)c(-c2cnc(C)n2C)n1. The summed E-state index contributed by atoms with van der Waals surface area (Å²) >= 11 is 0. The molecular formula is C12H15FN4. The van der Waals surface area contributed by atoms with Gasteiger partial charge in [0.25, 0.3) is 0 Å². The molecular weight excluding hydrogens is 219 g/mol. The topological polar surface area (TPSA) is 43.6 Å². The van der Waals surface area contributed by atoms with Gasteiger partial charge in [-0.05, 0) is 13.3 Å². The Morgan fingerprint density at radius 1 is 1.29 bits per heavy atom. The van der Waals surface area contributed by atoms with Crippen LogP contribution in [-0.4, -0.2) is 19.5 Å². The predicted molar refractivity (Wildman–Crippen MR) is 62.9 cm³/mol. The Morgan fingerprint density at radius 3 is 2.65 bits per heavy atom. The molecule has 4 nitrogen and oxygen atoms in total. The van der Waals surface area contributed by atoms with Gasteiger partial charge >= 0.3 is 0 Å². The normalized spacial score (nSPS) is 10.8. The Morgan fingerprint density at radius 2 is 2.06 bits per heavy atom. The molecule has 0 saturated carbocycles. The molecule has 17 heavy (non-hydrogen) atoms. The van der Waals surface area contributed by atoms with Gasteiger partial charge in [0.15, 0.2) is 5.82 Å². The van der Waals surface area contributed by atoms with Crippen molar-refractivity contribution < 1.29 is 4.39 Å². The van der Waals surface area contributed by atoms with Crippen molar-refractivity contribution in [1.29, 1.82) is 0 Å². The minimum Gasteiger partial charge on any atom is -0.330 e. The first-order valence-electron chi connectivity index (χ1n) is 5.63. The summed E-state index contributed by atoms with van der Waals surface area (Å²) in [7, 11) is 1.85. The second-order valence-electron chi connectivity index (χ2n) is 3.98. The molecule has 0 bridgehead atoms. The second-order valence-corrected chi connectivity index (χ2v) is 3.98. The number of hydrogen-bond acceptors (Lipinski definition) is 3. The molecule has 0 unspecified atom stereocenters. The van der Waals surface area contributed by atoms with Gasteiger partial charge in [-0.3, -0.25) is 0 Å². The van der Waals surface area contributed by atoms with E-state index in [1.165, 1.54) is 6.20 Å². The Bertz CT molecular complexity index is 533. The lowest BCUT2D eigenvalue weighted by Gasteiger charge is -2.06. The summed E-state index contributed by atoms with van der Waals surface area (Å²) in [5.41, 5.74) is 1.01. The fraction of sp³-hybridized carbons (Fsp3) is 0.417. The van der Waals surface area contributed by atoms with Crippen LogP contribution in [0.1, 0.15) is 25.0 Å². The Kier molecular flexibility index (Phi) is 3.17. The maximum atomic E-state index is 13.7. The molecule has 0 atom stereocenters. The molecule has 0 saturated heterocycles. The summed E-state index contributed by atoms with van der Waals surface area (Å²) in [6.45, 7) is 3.91. The zero-order valence-electron chi connectivity index (χ0n) is 10.2. The zero-order chi connectivity index (χ0) is 12.4. The average Bonchev–Trinajstić information content (AvgIpc) is 2.63. The van der Waals surface area contributed by atoms with Crippen LogP contribution in [0.25, 0.3) is 11.4 Å². The lowest BCUT2D eigenvalue weighted by molar-refractivity contribution is 0.610. The molecule has 2 heterocycles. The monoisotopic (exact) mass is 234 g/mol. The summed E-state index contributed by atoms with van der Waals surface area (Å²) in [6, 6.07) is 0. The van der Waals surface area contributed by atoms with Crippen molar-refractivity contribution in [3.05, 3.63) is 29.9 Å². The minimum absolute atomic E-state index is 0.326. The summed E-state index contributed by atoms with van der Waals surface area (Å²) in [4.78, 5) is 12.4. The van der Waals surface area contributed by atoms with Crippen LogP contribution in [0.5, 0.6) is 0 Å². The lowest BCUT2D eigenvalue weighted by Crippen LogP contribution is -2.02. The molecule has 0 N–H and O–H groups in total. The number of rotatable bonds is 3. The molecule has 0 radical (unpaired) electrons. The maximum Gasteiger partial charge on any atom is 0.169 e. The van der Waals surface area contributed by atoms with Crippen molar-refractivity contribution in [1.82, 2.24) is 19.5 Å². The van der Waals surface area contributed by atoms with Crippen LogP contribution in [0.3, 0.4) is 0 Å². The van der Waals surface area contributed by atoms with Gasteiger partial charge in [0.05, 0.1) is 18.1 Å². The van der Waals surface area contributed by atoms with Gasteiger partial charge in [0, 0.05) is 13.5 Å². The van der Waals surface area contributed by atoms with Crippen molar-refractivity contribution in [3.63, 3.8) is 0 Å². The Balaban J connectivity index is 2.50. The Labute approximate surface area is 99.6 Å². The van der Waals surface area contributed by atoms with Gasteiger partial charge in [0.1, 0.15) is 17.3 Å². The second kappa shape index (κ2) is 4.61. The van der Waals surface area contributed by atoms with E-state index in [2.05, 4.69) is 15.0 Å². The predicted octanol–water partition coefficient (Wildman–Crippen LogP) is 2.28. The van der Waals surface area contributed by atoms with Crippen LogP contribution in [0.2, 0.25) is 0 Å². The maximum absolute atomic E-state index is 13.7. The van der Waals surface area contributed by atoms with Crippen molar-refractivity contribution in [2.75, 3.05) is 0 Å². The first-order chi connectivity index (χ1) is 8.13. The molecule has 2 aromatic rings. The van der Waals surface area contributed by atoms with Crippen molar-refractivity contribution in [2.45, 2.75) is 26.7 Å². The van der Waals surface area contributed by atoms with E-state index in [9.17, 15) is 4.39 Å². The molecule has 0 aromatic carbocycles. The number of halogens is 1. The smallest absolute Gasteiger partial charge is 0.169 e. The third-order valence-corrected chi connectivity index (χ3v) is 2.73. The highest BCUT2D eigenvalue weighted by Crippen LogP contribution is 2.20. The lowest BCUT2D eigenvalue weighted by atomic mass is 10.2. The number of aryl methyl sites for hydroxylation is 2. The number of nitrogens with zero attached hydrogens (tertiary/aromatic N) is 4. The van der Waals surface area contributed by atoms with Gasteiger partial charge in [0.2, 0.25) is 0 Å².